The lowest BCUT2D eigenvalue weighted by atomic mass is 9.55. The van der Waals surface area contributed by atoms with Crippen molar-refractivity contribution >= 4 is 11.8 Å². The quantitative estimate of drug-likeness (QED) is 0.413. The number of imide groups is 1. The number of fused-ring (bicyclic) bond motifs is 5. The SMILES string of the molecule is COc1ccc2c(c1)CC[C@@H]1[C@@H]2CC[C@@]2(C)[C@@H]1CC[C@H]2NCCCCCCN1C(=O)C=CC1=O. The lowest BCUT2D eigenvalue weighted by Crippen LogP contribution is -2.48. The fraction of sp³-hybridized carbons (Fsp3) is 0.655. The highest BCUT2D eigenvalue weighted by Crippen LogP contribution is 2.61. The van der Waals surface area contributed by atoms with Crippen LogP contribution in [0.4, 0.5) is 0 Å². The molecule has 2 fully saturated rings. The molecule has 1 aliphatic heterocycles. The van der Waals surface area contributed by atoms with Crippen LogP contribution in [0.15, 0.2) is 30.4 Å². The third kappa shape index (κ3) is 4.32. The summed E-state index contributed by atoms with van der Waals surface area (Å²) in [6, 6.07) is 7.42. The Labute approximate surface area is 204 Å². The van der Waals surface area contributed by atoms with Gasteiger partial charge >= 0.3 is 0 Å². The van der Waals surface area contributed by atoms with Gasteiger partial charge in [0.05, 0.1) is 7.11 Å². The van der Waals surface area contributed by atoms with Crippen molar-refractivity contribution in [2.24, 2.45) is 17.3 Å². The summed E-state index contributed by atoms with van der Waals surface area (Å²) in [6.07, 6.45) is 14.9. The molecule has 2 amide bonds. The number of aryl methyl sites for hydroxylation is 1. The Hall–Kier alpha value is -2.14. The third-order valence-electron chi connectivity index (χ3n) is 9.53. The molecule has 1 aromatic rings. The van der Waals surface area contributed by atoms with E-state index in [0.717, 1.165) is 49.3 Å². The second-order valence-electron chi connectivity index (χ2n) is 11.2. The van der Waals surface area contributed by atoms with Crippen molar-refractivity contribution in [3.63, 3.8) is 0 Å². The van der Waals surface area contributed by atoms with Crippen LogP contribution in [-0.2, 0) is 16.0 Å². The highest BCUT2D eigenvalue weighted by molar-refractivity contribution is 6.12. The zero-order valence-corrected chi connectivity index (χ0v) is 20.9. The Morgan fingerprint density at radius 1 is 1.03 bits per heavy atom. The summed E-state index contributed by atoms with van der Waals surface area (Å²) in [5.41, 5.74) is 3.55. The van der Waals surface area contributed by atoms with Gasteiger partial charge in [-0.1, -0.05) is 25.8 Å². The van der Waals surface area contributed by atoms with E-state index in [1.165, 1.54) is 67.6 Å². The maximum absolute atomic E-state index is 11.6. The summed E-state index contributed by atoms with van der Waals surface area (Å²) in [5, 5.41) is 3.95. The van der Waals surface area contributed by atoms with Gasteiger partial charge in [-0.05, 0) is 104 Å². The molecule has 0 bridgehead atoms. The first kappa shape index (κ1) is 23.6. The first-order valence-electron chi connectivity index (χ1n) is 13.4. The molecule has 1 aromatic carbocycles. The number of hydrogen-bond acceptors (Lipinski definition) is 4. The van der Waals surface area contributed by atoms with E-state index in [2.05, 4.69) is 30.4 Å². The molecule has 5 atom stereocenters. The number of benzene rings is 1. The number of hydrogen-bond donors (Lipinski definition) is 1. The van der Waals surface area contributed by atoms with Crippen LogP contribution in [0, 0.1) is 17.3 Å². The zero-order valence-electron chi connectivity index (χ0n) is 20.9. The molecule has 2 saturated carbocycles. The van der Waals surface area contributed by atoms with Crippen molar-refractivity contribution in [2.45, 2.75) is 83.1 Å². The number of nitrogens with one attached hydrogen (secondary N) is 1. The van der Waals surface area contributed by atoms with E-state index in [4.69, 9.17) is 4.74 Å². The Balaban J connectivity index is 1.08. The van der Waals surface area contributed by atoms with Gasteiger partial charge in [-0.2, -0.15) is 0 Å². The molecule has 0 spiro atoms. The third-order valence-corrected chi connectivity index (χ3v) is 9.53. The van der Waals surface area contributed by atoms with E-state index in [0.29, 0.717) is 18.0 Å². The molecule has 34 heavy (non-hydrogen) atoms. The first-order valence-corrected chi connectivity index (χ1v) is 13.4. The summed E-state index contributed by atoms with van der Waals surface area (Å²) in [7, 11) is 1.77. The summed E-state index contributed by atoms with van der Waals surface area (Å²) >= 11 is 0. The molecule has 5 heteroatoms. The molecular weight excluding hydrogens is 424 g/mol. The summed E-state index contributed by atoms with van der Waals surface area (Å²) in [5.74, 6) is 3.08. The van der Waals surface area contributed by atoms with E-state index in [-0.39, 0.29) is 11.8 Å². The monoisotopic (exact) mass is 464 g/mol. The molecule has 0 radical (unpaired) electrons. The maximum Gasteiger partial charge on any atom is 0.253 e. The van der Waals surface area contributed by atoms with Gasteiger partial charge in [-0.25, -0.2) is 0 Å². The van der Waals surface area contributed by atoms with Gasteiger partial charge in [0.2, 0.25) is 0 Å². The van der Waals surface area contributed by atoms with Gasteiger partial charge in [-0.3, -0.25) is 14.5 Å². The Kier molecular flexibility index (Phi) is 6.83. The molecular formula is C29H40N2O3. The van der Waals surface area contributed by atoms with Crippen molar-refractivity contribution in [3.05, 3.63) is 41.5 Å². The molecule has 3 aliphatic carbocycles. The highest BCUT2D eigenvalue weighted by atomic mass is 16.5. The number of ether oxygens (including phenoxy) is 1. The van der Waals surface area contributed by atoms with E-state index in [9.17, 15) is 9.59 Å². The van der Waals surface area contributed by atoms with Gasteiger partial charge in [0.15, 0.2) is 0 Å². The molecule has 0 saturated heterocycles. The average Bonchev–Trinajstić information content (AvgIpc) is 3.36. The fourth-order valence-corrected chi connectivity index (χ4v) is 7.70. The molecule has 1 N–H and O–H groups in total. The number of methoxy groups -OCH3 is 1. The van der Waals surface area contributed by atoms with Crippen molar-refractivity contribution in [2.75, 3.05) is 20.2 Å². The predicted octanol–water partition coefficient (Wildman–Crippen LogP) is 4.99. The largest absolute Gasteiger partial charge is 0.497 e. The smallest absolute Gasteiger partial charge is 0.253 e. The van der Waals surface area contributed by atoms with Gasteiger partial charge < -0.3 is 10.1 Å². The molecule has 4 aliphatic rings. The maximum atomic E-state index is 11.6. The first-order chi connectivity index (χ1) is 16.5. The van der Waals surface area contributed by atoms with Gasteiger partial charge in [0, 0.05) is 24.7 Å². The fourth-order valence-electron chi connectivity index (χ4n) is 7.70. The van der Waals surface area contributed by atoms with Crippen molar-refractivity contribution in [1.82, 2.24) is 10.2 Å². The van der Waals surface area contributed by atoms with Gasteiger partial charge in [-0.15, -0.1) is 0 Å². The molecule has 0 unspecified atom stereocenters. The van der Waals surface area contributed by atoms with Crippen LogP contribution in [0.3, 0.4) is 0 Å². The number of carbonyl (C=O) groups is 2. The van der Waals surface area contributed by atoms with Crippen LogP contribution in [0.2, 0.25) is 0 Å². The lowest BCUT2D eigenvalue weighted by Gasteiger charge is -2.51. The number of unbranched alkanes of at least 4 members (excludes halogenated alkanes) is 3. The lowest BCUT2D eigenvalue weighted by molar-refractivity contribution is -0.136. The molecule has 5 rings (SSSR count). The molecule has 0 aromatic heterocycles. The Morgan fingerprint density at radius 2 is 1.82 bits per heavy atom. The summed E-state index contributed by atoms with van der Waals surface area (Å²) in [6.45, 7) is 4.20. The molecule has 1 heterocycles. The van der Waals surface area contributed by atoms with E-state index in [1.54, 1.807) is 12.7 Å². The van der Waals surface area contributed by atoms with Crippen molar-refractivity contribution in [1.29, 1.82) is 0 Å². The molecule has 5 nitrogen and oxygen atoms in total. The van der Waals surface area contributed by atoms with Crippen molar-refractivity contribution < 1.29 is 14.3 Å². The second-order valence-corrected chi connectivity index (χ2v) is 11.2. The highest BCUT2D eigenvalue weighted by Gasteiger charge is 2.54. The van der Waals surface area contributed by atoms with Crippen LogP contribution >= 0.6 is 0 Å². The van der Waals surface area contributed by atoms with E-state index in [1.807, 2.05) is 0 Å². The zero-order chi connectivity index (χ0) is 23.7. The van der Waals surface area contributed by atoms with E-state index < -0.39 is 0 Å². The number of carbonyl (C=O) groups excluding carboxylic acids is 2. The second kappa shape index (κ2) is 9.85. The van der Waals surface area contributed by atoms with E-state index >= 15 is 0 Å². The Bertz CT molecular complexity index is 939. The van der Waals surface area contributed by atoms with Crippen LogP contribution in [0.1, 0.15) is 81.8 Å². The minimum Gasteiger partial charge on any atom is -0.497 e. The number of nitrogens with zero attached hydrogens (tertiary/aromatic N) is 1. The summed E-state index contributed by atoms with van der Waals surface area (Å²) < 4.78 is 5.48. The normalized spacial score (nSPS) is 32.0. The summed E-state index contributed by atoms with van der Waals surface area (Å²) in [4.78, 5) is 24.6. The topological polar surface area (TPSA) is 58.6 Å². The number of amides is 2. The van der Waals surface area contributed by atoms with Crippen LogP contribution in [0.25, 0.3) is 0 Å². The minimum atomic E-state index is -0.161. The minimum absolute atomic E-state index is 0.161. The van der Waals surface area contributed by atoms with Gasteiger partial charge in [0.25, 0.3) is 11.8 Å². The van der Waals surface area contributed by atoms with Crippen LogP contribution in [-0.4, -0.2) is 43.0 Å². The van der Waals surface area contributed by atoms with Crippen molar-refractivity contribution in [3.8, 4) is 5.75 Å². The standard InChI is InChI=1S/C29H40N2O3/c1-29-16-15-23-22-10-8-21(34-2)19-20(22)7-9-24(23)25(29)11-12-26(29)30-17-5-3-4-6-18-31-27(32)13-14-28(31)33/h8,10,13-14,19,23-26,30H,3-7,9,11-12,15-18H2,1-2H3/t23-,24-,25-,26-,29+/m1/s1. The number of rotatable bonds is 9. The van der Waals surface area contributed by atoms with Gasteiger partial charge in [0.1, 0.15) is 5.75 Å². The van der Waals surface area contributed by atoms with Crippen LogP contribution in [0.5, 0.6) is 5.75 Å². The Morgan fingerprint density at radius 3 is 2.62 bits per heavy atom. The van der Waals surface area contributed by atoms with Crippen LogP contribution < -0.4 is 10.1 Å². The predicted molar refractivity (Wildman–Crippen MR) is 134 cm³/mol. The molecule has 184 valence electrons. The average molecular weight is 465 g/mol.